The maximum Gasteiger partial charge on any atom is 0.413 e. The number of ether oxygens (including phenoxy) is 3. The molecule has 1 amide bonds. The van der Waals surface area contributed by atoms with Gasteiger partial charge in [-0.3, -0.25) is 4.90 Å². The summed E-state index contributed by atoms with van der Waals surface area (Å²) in [5.74, 6) is 0. The lowest BCUT2D eigenvalue weighted by molar-refractivity contribution is -0.115. The Balaban J connectivity index is 1.85. The second kappa shape index (κ2) is 10.6. The third-order valence-electron chi connectivity index (χ3n) is 5.02. The van der Waals surface area contributed by atoms with Crippen LogP contribution in [0, 0.1) is 0 Å². The summed E-state index contributed by atoms with van der Waals surface area (Å²) < 4.78 is 18.0. The monoisotopic (exact) mass is 425 g/mol. The van der Waals surface area contributed by atoms with Gasteiger partial charge in [0.2, 0.25) is 0 Å². The van der Waals surface area contributed by atoms with Crippen LogP contribution in [0.3, 0.4) is 0 Å². The van der Waals surface area contributed by atoms with Crippen molar-refractivity contribution in [3.8, 4) is 0 Å². The molecule has 2 aromatic rings. The first-order valence-electron chi connectivity index (χ1n) is 10.7. The summed E-state index contributed by atoms with van der Waals surface area (Å²) in [7, 11) is 0. The number of hydrogen-bond donors (Lipinski definition) is 0. The average Bonchev–Trinajstić information content (AvgIpc) is 3.19. The summed E-state index contributed by atoms with van der Waals surface area (Å²) in [5.41, 5.74) is 1.34. The van der Waals surface area contributed by atoms with Crippen molar-refractivity contribution in [2.45, 2.75) is 64.2 Å². The van der Waals surface area contributed by atoms with Gasteiger partial charge in [-0.05, 0) is 38.3 Å². The van der Waals surface area contributed by atoms with E-state index < -0.39 is 24.0 Å². The van der Waals surface area contributed by atoms with Crippen LogP contribution in [-0.2, 0) is 25.6 Å². The van der Waals surface area contributed by atoms with Crippen LogP contribution in [0.2, 0.25) is 0 Å². The highest BCUT2D eigenvalue weighted by Crippen LogP contribution is 2.35. The molecule has 6 nitrogen and oxygen atoms in total. The molecule has 1 aliphatic heterocycles. The Bertz CT molecular complexity index is 834. The molecule has 0 spiro atoms. The van der Waals surface area contributed by atoms with Crippen molar-refractivity contribution in [1.82, 2.24) is 4.90 Å². The summed E-state index contributed by atoms with van der Waals surface area (Å²) in [6.07, 6.45) is 0.0539. The summed E-state index contributed by atoms with van der Waals surface area (Å²) in [5, 5.41) is 0. The van der Waals surface area contributed by atoms with Crippen LogP contribution in [0.4, 0.5) is 4.79 Å². The maximum absolute atomic E-state index is 13.2. The minimum Gasteiger partial charge on any atom is -0.444 e. The molecule has 0 unspecified atom stereocenters. The normalized spacial score (nSPS) is 19.8. The molecular formula is C25H31NO5. The molecule has 1 fully saturated rings. The van der Waals surface area contributed by atoms with E-state index in [-0.39, 0.29) is 6.04 Å². The van der Waals surface area contributed by atoms with E-state index >= 15 is 0 Å². The Morgan fingerprint density at radius 1 is 1.13 bits per heavy atom. The van der Waals surface area contributed by atoms with Crippen molar-refractivity contribution in [2.24, 2.45) is 0 Å². The van der Waals surface area contributed by atoms with Crippen molar-refractivity contribution in [3.05, 3.63) is 71.8 Å². The van der Waals surface area contributed by atoms with Crippen LogP contribution < -0.4 is 0 Å². The zero-order chi connectivity index (χ0) is 22.3. The zero-order valence-corrected chi connectivity index (χ0v) is 18.4. The van der Waals surface area contributed by atoms with Gasteiger partial charge in [0.25, 0.3) is 0 Å². The number of rotatable bonds is 8. The number of amides is 1. The number of aldehydes is 1. The Kier molecular flexibility index (Phi) is 7.82. The lowest BCUT2D eigenvalue weighted by Gasteiger charge is -2.34. The van der Waals surface area contributed by atoms with Gasteiger partial charge in [0.1, 0.15) is 18.0 Å². The molecule has 0 N–H and O–H groups in total. The molecule has 3 rings (SSSR count). The molecule has 166 valence electrons. The molecule has 6 heteroatoms. The predicted octanol–water partition coefficient (Wildman–Crippen LogP) is 4.89. The zero-order valence-electron chi connectivity index (χ0n) is 18.4. The lowest BCUT2D eigenvalue weighted by atomic mass is 10.1. The Hall–Kier alpha value is -2.70. The largest absolute Gasteiger partial charge is 0.444 e. The topological polar surface area (TPSA) is 65.1 Å². The van der Waals surface area contributed by atoms with Gasteiger partial charge >= 0.3 is 6.09 Å². The summed E-state index contributed by atoms with van der Waals surface area (Å²) in [4.78, 5) is 25.9. The number of nitrogens with zero attached hydrogens (tertiary/aromatic N) is 1. The fourth-order valence-corrected chi connectivity index (χ4v) is 3.61. The second-order valence-electron chi connectivity index (χ2n) is 8.62. The van der Waals surface area contributed by atoms with Crippen LogP contribution in [0.15, 0.2) is 60.7 Å². The van der Waals surface area contributed by atoms with Crippen LogP contribution in [0.5, 0.6) is 0 Å². The molecule has 0 radical (unpaired) electrons. The van der Waals surface area contributed by atoms with Gasteiger partial charge in [-0.15, -0.1) is 0 Å². The number of carbonyl (C=O) groups is 2. The highest BCUT2D eigenvalue weighted by atomic mass is 16.6. The van der Waals surface area contributed by atoms with E-state index in [1.54, 1.807) is 4.90 Å². The maximum atomic E-state index is 13.2. The Morgan fingerprint density at radius 3 is 2.39 bits per heavy atom. The van der Waals surface area contributed by atoms with E-state index in [4.69, 9.17) is 14.2 Å². The number of benzene rings is 2. The van der Waals surface area contributed by atoms with E-state index in [9.17, 15) is 9.59 Å². The van der Waals surface area contributed by atoms with Gasteiger partial charge in [-0.1, -0.05) is 60.7 Å². The quantitative estimate of drug-likeness (QED) is 0.564. The van der Waals surface area contributed by atoms with Crippen molar-refractivity contribution in [2.75, 3.05) is 6.61 Å². The van der Waals surface area contributed by atoms with Gasteiger partial charge < -0.3 is 19.0 Å². The number of hydrogen-bond acceptors (Lipinski definition) is 5. The smallest absolute Gasteiger partial charge is 0.413 e. The summed E-state index contributed by atoms with van der Waals surface area (Å²) in [6, 6.07) is 19.3. The fourth-order valence-electron chi connectivity index (χ4n) is 3.61. The van der Waals surface area contributed by atoms with Crippen molar-refractivity contribution in [1.29, 1.82) is 0 Å². The number of carbonyl (C=O) groups excluding carboxylic acids is 2. The summed E-state index contributed by atoms with van der Waals surface area (Å²) in [6.45, 7) is 6.21. The van der Waals surface area contributed by atoms with Crippen LogP contribution in [0.25, 0.3) is 0 Å². The van der Waals surface area contributed by atoms with Gasteiger partial charge in [-0.2, -0.15) is 0 Å². The fraction of sp³-hybridized carbons (Fsp3) is 0.440. The SMILES string of the molecule is CC(C)(C)OC(=O)N1[C@@H]([C@@H](CCC=O)OCc2ccccc2)OC[C@H]1c1ccccc1. The molecule has 2 aromatic carbocycles. The first-order chi connectivity index (χ1) is 14.9. The van der Waals surface area contributed by atoms with E-state index in [0.717, 1.165) is 17.4 Å². The van der Waals surface area contributed by atoms with Gasteiger partial charge in [0.15, 0.2) is 6.23 Å². The molecule has 0 aliphatic carbocycles. The molecule has 0 saturated carbocycles. The first-order valence-corrected chi connectivity index (χ1v) is 10.7. The Labute approximate surface area is 184 Å². The molecule has 1 heterocycles. The third kappa shape index (κ3) is 6.39. The van der Waals surface area contributed by atoms with Gasteiger partial charge in [0, 0.05) is 6.42 Å². The molecule has 3 atom stereocenters. The van der Waals surface area contributed by atoms with E-state index in [1.165, 1.54) is 0 Å². The first kappa shape index (κ1) is 23.0. The van der Waals surface area contributed by atoms with Crippen molar-refractivity contribution in [3.63, 3.8) is 0 Å². The third-order valence-corrected chi connectivity index (χ3v) is 5.02. The molecular weight excluding hydrogens is 394 g/mol. The summed E-state index contributed by atoms with van der Waals surface area (Å²) >= 11 is 0. The van der Waals surface area contributed by atoms with E-state index in [0.29, 0.717) is 26.1 Å². The molecule has 1 saturated heterocycles. The average molecular weight is 426 g/mol. The molecule has 1 aliphatic rings. The molecule has 0 aromatic heterocycles. The molecule has 31 heavy (non-hydrogen) atoms. The highest BCUT2D eigenvalue weighted by molar-refractivity contribution is 5.69. The van der Waals surface area contributed by atoms with E-state index in [2.05, 4.69) is 0 Å². The highest BCUT2D eigenvalue weighted by Gasteiger charge is 2.45. The van der Waals surface area contributed by atoms with Crippen LogP contribution in [-0.4, -0.2) is 41.8 Å². The Morgan fingerprint density at radius 2 is 1.77 bits per heavy atom. The van der Waals surface area contributed by atoms with Crippen LogP contribution in [0.1, 0.15) is 50.8 Å². The van der Waals surface area contributed by atoms with Gasteiger partial charge in [-0.25, -0.2) is 4.79 Å². The lowest BCUT2D eigenvalue weighted by Crippen LogP contribution is -2.47. The van der Waals surface area contributed by atoms with Gasteiger partial charge in [0.05, 0.1) is 19.3 Å². The van der Waals surface area contributed by atoms with Crippen molar-refractivity contribution >= 4 is 12.4 Å². The van der Waals surface area contributed by atoms with Crippen LogP contribution >= 0.6 is 0 Å². The molecule has 0 bridgehead atoms. The van der Waals surface area contributed by atoms with Crippen molar-refractivity contribution < 1.29 is 23.8 Å². The van der Waals surface area contributed by atoms with E-state index in [1.807, 2.05) is 81.4 Å². The predicted molar refractivity (Wildman–Crippen MR) is 117 cm³/mol. The second-order valence-corrected chi connectivity index (χ2v) is 8.62. The standard InChI is InChI=1S/C25H31NO5/c1-25(2,3)31-24(28)26-21(20-13-8-5-9-14-20)18-30-23(26)22(15-10-16-27)29-17-19-11-6-4-7-12-19/h4-9,11-14,16,21-23H,10,15,17-18H2,1-3H3/t21-,22+,23+/m0/s1. The minimum atomic E-state index is -0.649. The minimum absolute atomic E-state index is 0.292.